The summed E-state index contributed by atoms with van der Waals surface area (Å²) in [7, 11) is 2.19. The zero-order valence-electron chi connectivity index (χ0n) is 12.5. The first kappa shape index (κ1) is 13.9. The number of likely N-dealkylation sites (N-methyl/N-ethyl adjacent to an activating group) is 1. The average Bonchev–Trinajstić information content (AvgIpc) is 2.42. The Morgan fingerprint density at radius 1 is 1.21 bits per heavy atom. The highest BCUT2D eigenvalue weighted by molar-refractivity contribution is 5.64. The van der Waals surface area contributed by atoms with E-state index in [2.05, 4.69) is 67.2 Å². The second-order valence-corrected chi connectivity index (χ2v) is 5.39. The number of aryl methyl sites for hydroxylation is 1. The first-order valence-electron chi connectivity index (χ1n) is 7.04. The Morgan fingerprint density at radius 2 is 1.89 bits per heavy atom. The number of hydrogen-bond donors (Lipinski definition) is 1. The van der Waals surface area contributed by atoms with Crippen LogP contribution in [0, 0.1) is 6.92 Å². The Kier molecular flexibility index (Phi) is 4.48. The van der Waals surface area contributed by atoms with Crippen molar-refractivity contribution in [2.75, 3.05) is 43.4 Å². The van der Waals surface area contributed by atoms with Crippen LogP contribution in [0.3, 0.4) is 0 Å². The van der Waals surface area contributed by atoms with Crippen molar-refractivity contribution >= 4 is 11.4 Å². The minimum atomic E-state index is 1.11. The van der Waals surface area contributed by atoms with Gasteiger partial charge in [0.05, 0.1) is 0 Å². The van der Waals surface area contributed by atoms with E-state index < -0.39 is 0 Å². The van der Waals surface area contributed by atoms with E-state index in [1.807, 2.05) is 0 Å². The molecule has 1 aliphatic rings. The normalized spacial score (nSPS) is 17.7. The van der Waals surface area contributed by atoms with Crippen LogP contribution >= 0.6 is 0 Å². The van der Waals surface area contributed by atoms with Gasteiger partial charge in [0.2, 0.25) is 0 Å². The second-order valence-electron chi connectivity index (χ2n) is 5.39. The average molecular weight is 259 g/mol. The van der Waals surface area contributed by atoms with E-state index in [4.69, 9.17) is 0 Å². The van der Waals surface area contributed by atoms with Gasteiger partial charge in [-0.3, -0.25) is 0 Å². The number of allylic oxidation sites excluding steroid dienone is 2. The molecular formula is C16H25N3. The third-order valence-electron chi connectivity index (χ3n) is 3.85. The summed E-state index contributed by atoms with van der Waals surface area (Å²) in [5, 5.41) is 3.47. The molecule has 0 bridgehead atoms. The lowest BCUT2D eigenvalue weighted by Crippen LogP contribution is -2.44. The van der Waals surface area contributed by atoms with Crippen LogP contribution in [0.25, 0.3) is 0 Å². The summed E-state index contributed by atoms with van der Waals surface area (Å²) in [4.78, 5) is 4.85. The Bertz CT molecular complexity index is 457. The van der Waals surface area contributed by atoms with Gasteiger partial charge in [-0.25, -0.2) is 0 Å². The van der Waals surface area contributed by atoms with Crippen molar-refractivity contribution in [1.29, 1.82) is 0 Å². The molecule has 1 fully saturated rings. The molecule has 0 atom stereocenters. The van der Waals surface area contributed by atoms with Gasteiger partial charge in [-0.15, -0.1) is 0 Å². The molecule has 1 saturated heterocycles. The van der Waals surface area contributed by atoms with E-state index in [-0.39, 0.29) is 0 Å². The molecule has 0 aromatic heterocycles. The van der Waals surface area contributed by atoms with E-state index in [9.17, 15) is 0 Å². The van der Waals surface area contributed by atoms with Crippen molar-refractivity contribution in [3.05, 3.63) is 35.5 Å². The van der Waals surface area contributed by atoms with Crippen LogP contribution in [0.4, 0.5) is 11.4 Å². The van der Waals surface area contributed by atoms with E-state index in [0.717, 1.165) is 26.2 Å². The number of benzene rings is 1. The van der Waals surface area contributed by atoms with E-state index >= 15 is 0 Å². The summed E-state index contributed by atoms with van der Waals surface area (Å²) >= 11 is 0. The van der Waals surface area contributed by atoms with Gasteiger partial charge in [-0.1, -0.05) is 12.1 Å². The van der Waals surface area contributed by atoms with Gasteiger partial charge < -0.3 is 15.1 Å². The quantitative estimate of drug-likeness (QED) is 0.900. The lowest BCUT2D eigenvalue weighted by Gasteiger charge is -2.34. The second kappa shape index (κ2) is 6.11. The molecule has 2 rings (SSSR count). The Hall–Kier alpha value is -1.48. The van der Waals surface area contributed by atoms with Gasteiger partial charge in [0.1, 0.15) is 0 Å². The maximum atomic E-state index is 3.47. The van der Waals surface area contributed by atoms with Crippen LogP contribution in [0.2, 0.25) is 0 Å². The molecule has 3 nitrogen and oxygen atoms in total. The minimum absolute atomic E-state index is 1.11. The predicted molar refractivity (Wildman–Crippen MR) is 83.9 cm³/mol. The maximum absolute atomic E-state index is 3.47. The van der Waals surface area contributed by atoms with Crippen molar-refractivity contribution in [2.45, 2.75) is 20.8 Å². The number of nitrogens with zero attached hydrogens (tertiary/aromatic N) is 2. The topological polar surface area (TPSA) is 18.5 Å². The van der Waals surface area contributed by atoms with Crippen LogP contribution in [-0.4, -0.2) is 38.1 Å². The molecule has 0 radical (unpaired) electrons. The highest BCUT2D eigenvalue weighted by Crippen LogP contribution is 2.25. The Labute approximate surface area is 116 Å². The van der Waals surface area contributed by atoms with Crippen molar-refractivity contribution in [2.24, 2.45) is 0 Å². The van der Waals surface area contributed by atoms with E-state index in [0.29, 0.717) is 0 Å². The molecular weight excluding hydrogens is 234 g/mol. The maximum Gasteiger partial charge on any atom is 0.0432 e. The first-order chi connectivity index (χ1) is 9.10. The van der Waals surface area contributed by atoms with Gasteiger partial charge in [-0.05, 0) is 45.5 Å². The van der Waals surface area contributed by atoms with Crippen molar-refractivity contribution in [3.8, 4) is 0 Å². The first-order valence-corrected chi connectivity index (χ1v) is 7.04. The van der Waals surface area contributed by atoms with Crippen LogP contribution in [0.15, 0.2) is 30.0 Å². The lowest BCUT2D eigenvalue weighted by atomic mass is 10.1. The molecule has 3 heteroatoms. The standard InChI is InChI=1S/C16H25N3/c1-5-14(3)17-16-12-15(7-6-13(16)2)19-10-8-18(4)9-11-19/h5-7,12,17H,8-11H2,1-4H3/b14-5+. The highest BCUT2D eigenvalue weighted by atomic mass is 15.2. The predicted octanol–water partition coefficient (Wildman–Crippen LogP) is 3.08. The smallest absolute Gasteiger partial charge is 0.0432 e. The molecule has 0 aliphatic carbocycles. The van der Waals surface area contributed by atoms with Gasteiger partial charge in [0, 0.05) is 43.3 Å². The summed E-state index contributed by atoms with van der Waals surface area (Å²) in [6, 6.07) is 6.71. The third kappa shape index (κ3) is 3.51. The van der Waals surface area contributed by atoms with Crippen molar-refractivity contribution in [1.82, 2.24) is 4.90 Å². The number of nitrogens with one attached hydrogen (secondary N) is 1. The van der Waals surface area contributed by atoms with Gasteiger partial charge in [-0.2, -0.15) is 0 Å². The largest absolute Gasteiger partial charge is 0.369 e. The molecule has 0 unspecified atom stereocenters. The van der Waals surface area contributed by atoms with E-state index in [1.165, 1.54) is 22.6 Å². The molecule has 0 amide bonds. The molecule has 0 saturated carbocycles. The summed E-state index contributed by atoms with van der Waals surface area (Å²) < 4.78 is 0. The molecule has 1 aromatic rings. The molecule has 104 valence electrons. The molecule has 1 aromatic carbocycles. The molecule has 1 aliphatic heterocycles. The van der Waals surface area contributed by atoms with Crippen molar-refractivity contribution < 1.29 is 0 Å². The van der Waals surface area contributed by atoms with Crippen LogP contribution in [0.5, 0.6) is 0 Å². The van der Waals surface area contributed by atoms with Crippen LogP contribution in [-0.2, 0) is 0 Å². The zero-order valence-corrected chi connectivity index (χ0v) is 12.5. The van der Waals surface area contributed by atoms with Crippen LogP contribution < -0.4 is 10.2 Å². The number of anilines is 2. The summed E-state index contributed by atoms with van der Waals surface area (Å²) in [5.74, 6) is 0. The zero-order chi connectivity index (χ0) is 13.8. The number of hydrogen-bond acceptors (Lipinski definition) is 3. The van der Waals surface area contributed by atoms with Crippen molar-refractivity contribution in [3.63, 3.8) is 0 Å². The highest BCUT2D eigenvalue weighted by Gasteiger charge is 2.14. The third-order valence-corrected chi connectivity index (χ3v) is 3.85. The summed E-state index contributed by atoms with van der Waals surface area (Å²) in [6.07, 6.45) is 2.10. The van der Waals surface area contributed by atoms with E-state index in [1.54, 1.807) is 0 Å². The Balaban J connectivity index is 2.16. The fraction of sp³-hybridized carbons (Fsp3) is 0.500. The fourth-order valence-corrected chi connectivity index (χ4v) is 2.29. The SMILES string of the molecule is C/C=C(\C)Nc1cc(N2CCN(C)CC2)ccc1C. The fourth-order valence-electron chi connectivity index (χ4n) is 2.29. The van der Waals surface area contributed by atoms with Crippen LogP contribution in [0.1, 0.15) is 19.4 Å². The van der Waals surface area contributed by atoms with Gasteiger partial charge >= 0.3 is 0 Å². The summed E-state index contributed by atoms with van der Waals surface area (Å²) in [6.45, 7) is 10.8. The molecule has 0 spiro atoms. The number of rotatable bonds is 3. The lowest BCUT2D eigenvalue weighted by molar-refractivity contribution is 0.313. The number of piperazine rings is 1. The minimum Gasteiger partial charge on any atom is -0.369 e. The summed E-state index contributed by atoms with van der Waals surface area (Å²) in [5.41, 5.74) is 5.02. The molecule has 1 heterocycles. The Morgan fingerprint density at radius 3 is 2.53 bits per heavy atom. The van der Waals surface area contributed by atoms with Gasteiger partial charge in [0.25, 0.3) is 0 Å². The van der Waals surface area contributed by atoms with Gasteiger partial charge in [0.15, 0.2) is 0 Å². The molecule has 1 N–H and O–H groups in total. The molecule has 19 heavy (non-hydrogen) atoms. The monoisotopic (exact) mass is 259 g/mol.